The highest BCUT2D eigenvalue weighted by atomic mass is 32.1. The molecule has 1 atom stereocenters. The molecule has 0 aliphatic heterocycles. The van der Waals surface area contributed by atoms with Gasteiger partial charge in [-0.2, -0.15) is 0 Å². The van der Waals surface area contributed by atoms with Gasteiger partial charge in [0.15, 0.2) is 0 Å². The summed E-state index contributed by atoms with van der Waals surface area (Å²) in [6.07, 6.45) is 8.20. The summed E-state index contributed by atoms with van der Waals surface area (Å²) in [5, 5.41) is 1.29. The molecule has 0 N–H and O–H groups in total. The SMILES string of the molecule is C=C/C=C\c1nc(C(CC)CC(C)C)sc1C. The Bertz CT molecular complexity index is 388. The molecule has 1 nitrogen and oxygen atoms in total. The Balaban J connectivity index is 2.90. The average molecular weight is 249 g/mol. The van der Waals surface area contributed by atoms with Crippen LogP contribution in [-0.4, -0.2) is 4.98 Å². The zero-order chi connectivity index (χ0) is 12.8. The first kappa shape index (κ1) is 14.2. The lowest BCUT2D eigenvalue weighted by Gasteiger charge is -2.13. The van der Waals surface area contributed by atoms with E-state index in [1.807, 2.05) is 23.5 Å². The lowest BCUT2D eigenvalue weighted by atomic mass is 9.95. The Morgan fingerprint density at radius 2 is 2.12 bits per heavy atom. The van der Waals surface area contributed by atoms with Crippen LogP contribution in [0.25, 0.3) is 6.08 Å². The summed E-state index contributed by atoms with van der Waals surface area (Å²) in [6, 6.07) is 0. The quantitative estimate of drug-likeness (QED) is 0.632. The van der Waals surface area contributed by atoms with Crippen LogP contribution >= 0.6 is 11.3 Å². The molecule has 0 saturated heterocycles. The molecule has 0 amide bonds. The maximum atomic E-state index is 4.76. The van der Waals surface area contributed by atoms with Crippen molar-refractivity contribution >= 4 is 17.4 Å². The van der Waals surface area contributed by atoms with Gasteiger partial charge in [-0.25, -0.2) is 4.98 Å². The van der Waals surface area contributed by atoms with Crippen LogP contribution in [0.1, 0.15) is 55.1 Å². The number of hydrogen-bond donors (Lipinski definition) is 0. The first-order valence-electron chi connectivity index (χ1n) is 6.34. The number of hydrogen-bond acceptors (Lipinski definition) is 2. The molecule has 0 saturated carbocycles. The topological polar surface area (TPSA) is 12.9 Å². The maximum absolute atomic E-state index is 4.76. The van der Waals surface area contributed by atoms with Crippen molar-refractivity contribution in [2.45, 2.75) is 46.5 Å². The normalized spacial score (nSPS) is 13.5. The van der Waals surface area contributed by atoms with Gasteiger partial charge in [-0.05, 0) is 31.8 Å². The van der Waals surface area contributed by atoms with E-state index in [2.05, 4.69) is 34.3 Å². The van der Waals surface area contributed by atoms with Crippen LogP contribution in [0.15, 0.2) is 18.7 Å². The Kier molecular flexibility index (Phi) is 5.63. The first-order chi connectivity index (χ1) is 8.08. The van der Waals surface area contributed by atoms with Crippen LogP contribution < -0.4 is 0 Å². The van der Waals surface area contributed by atoms with Gasteiger partial charge in [0.2, 0.25) is 0 Å². The number of thiazole rings is 1. The average Bonchev–Trinajstić information content (AvgIpc) is 2.64. The fraction of sp³-hybridized carbons (Fsp3) is 0.533. The molecule has 1 unspecified atom stereocenters. The molecule has 17 heavy (non-hydrogen) atoms. The van der Waals surface area contributed by atoms with Crippen molar-refractivity contribution in [3.05, 3.63) is 34.3 Å². The molecule has 0 aliphatic carbocycles. The van der Waals surface area contributed by atoms with E-state index in [4.69, 9.17) is 4.98 Å². The number of allylic oxidation sites excluding steroid dienone is 2. The summed E-state index contributed by atoms with van der Waals surface area (Å²) >= 11 is 1.84. The second kappa shape index (κ2) is 6.75. The lowest BCUT2D eigenvalue weighted by Crippen LogP contribution is -2.01. The van der Waals surface area contributed by atoms with Crippen LogP contribution in [-0.2, 0) is 0 Å². The molecule has 2 heteroatoms. The van der Waals surface area contributed by atoms with Crippen molar-refractivity contribution in [1.82, 2.24) is 4.98 Å². The zero-order valence-corrected chi connectivity index (χ0v) is 12.2. The maximum Gasteiger partial charge on any atom is 0.0965 e. The number of nitrogens with zero attached hydrogens (tertiary/aromatic N) is 1. The molecule has 1 heterocycles. The third kappa shape index (κ3) is 4.12. The van der Waals surface area contributed by atoms with Crippen molar-refractivity contribution in [1.29, 1.82) is 0 Å². The Morgan fingerprint density at radius 3 is 2.65 bits per heavy atom. The number of aryl methyl sites for hydroxylation is 1. The smallest absolute Gasteiger partial charge is 0.0965 e. The predicted molar refractivity (Wildman–Crippen MR) is 78.6 cm³/mol. The van der Waals surface area contributed by atoms with E-state index in [1.165, 1.54) is 22.7 Å². The van der Waals surface area contributed by atoms with Gasteiger partial charge in [-0.15, -0.1) is 11.3 Å². The van der Waals surface area contributed by atoms with Gasteiger partial charge < -0.3 is 0 Å². The van der Waals surface area contributed by atoms with Crippen molar-refractivity contribution in [3.63, 3.8) is 0 Å². The molecule has 0 bridgehead atoms. The fourth-order valence-corrected chi connectivity index (χ4v) is 3.03. The summed E-state index contributed by atoms with van der Waals surface area (Å²) < 4.78 is 0. The first-order valence-corrected chi connectivity index (χ1v) is 7.16. The van der Waals surface area contributed by atoms with Crippen molar-refractivity contribution in [2.75, 3.05) is 0 Å². The molecule has 0 aliphatic rings. The molecule has 1 rings (SSSR count). The fourth-order valence-electron chi connectivity index (χ4n) is 1.93. The molecule has 1 aromatic heterocycles. The summed E-state index contributed by atoms with van der Waals surface area (Å²) in [5.74, 6) is 1.35. The Morgan fingerprint density at radius 1 is 1.41 bits per heavy atom. The highest BCUT2D eigenvalue weighted by Gasteiger charge is 2.16. The van der Waals surface area contributed by atoms with E-state index in [1.54, 1.807) is 6.08 Å². The summed E-state index contributed by atoms with van der Waals surface area (Å²) in [7, 11) is 0. The minimum atomic E-state index is 0.615. The molecule has 94 valence electrons. The van der Waals surface area contributed by atoms with Crippen LogP contribution in [0.5, 0.6) is 0 Å². The van der Waals surface area contributed by atoms with Gasteiger partial charge in [0, 0.05) is 10.8 Å². The highest BCUT2D eigenvalue weighted by molar-refractivity contribution is 7.11. The second-order valence-corrected chi connectivity index (χ2v) is 6.06. The standard InChI is InChI=1S/C15H23NS/c1-6-8-9-14-12(5)17-15(16-14)13(7-2)10-11(3)4/h6,8-9,11,13H,1,7,10H2,2-5H3/b9-8-. The van der Waals surface area contributed by atoms with Crippen molar-refractivity contribution in [2.24, 2.45) is 5.92 Å². The third-order valence-electron chi connectivity index (χ3n) is 2.84. The van der Waals surface area contributed by atoms with Crippen LogP contribution in [0.2, 0.25) is 0 Å². The summed E-state index contributed by atoms with van der Waals surface area (Å²) in [4.78, 5) is 6.06. The molecule has 0 fully saturated rings. The third-order valence-corrected chi connectivity index (χ3v) is 3.99. The van der Waals surface area contributed by atoms with Gasteiger partial charge in [-0.1, -0.05) is 39.5 Å². The van der Waals surface area contributed by atoms with Crippen LogP contribution in [0, 0.1) is 12.8 Å². The van der Waals surface area contributed by atoms with Crippen LogP contribution in [0.4, 0.5) is 0 Å². The molecule has 0 aromatic carbocycles. The van der Waals surface area contributed by atoms with E-state index < -0.39 is 0 Å². The van der Waals surface area contributed by atoms with Crippen molar-refractivity contribution in [3.8, 4) is 0 Å². The van der Waals surface area contributed by atoms with Crippen LogP contribution in [0.3, 0.4) is 0 Å². The van der Waals surface area contributed by atoms with E-state index in [0.29, 0.717) is 5.92 Å². The van der Waals surface area contributed by atoms with Gasteiger partial charge in [0.25, 0.3) is 0 Å². The summed E-state index contributed by atoms with van der Waals surface area (Å²) in [5.41, 5.74) is 1.10. The molecular formula is C15H23NS. The van der Waals surface area contributed by atoms with Crippen molar-refractivity contribution < 1.29 is 0 Å². The second-order valence-electron chi connectivity index (χ2n) is 4.82. The largest absolute Gasteiger partial charge is 0.241 e. The van der Waals surface area contributed by atoms with Gasteiger partial charge >= 0.3 is 0 Å². The zero-order valence-electron chi connectivity index (χ0n) is 11.4. The molecule has 1 aromatic rings. The number of rotatable bonds is 6. The summed E-state index contributed by atoms with van der Waals surface area (Å²) in [6.45, 7) is 12.6. The van der Waals surface area contributed by atoms with E-state index >= 15 is 0 Å². The van der Waals surface area contributed by atoms with Gasteiger partial charge in [0.1, 0.15) is 0 Å². The van der Waals surface area contributed by atoms with E-state index in [0.717, 1.165) is 11.6 Å². The molecule has 0 spiro atoms. The molecule has 0 radical (unpaired) electrons. The monoisotopic (exact) mass is 249 g/mol. The minimum absolute atomic E-state index is 0.615. The van der Waals surface area contributed by atoms with Gasteiger partial charge in [-0.3, -0.25) is 0 Å². The Labute approximate surface area is 109 Å². The van der Waals surface area contributed by atoms with E-state index in [-0.39, 0.29) is 0 Å². The van der Waals surface area contributed by atoms with Gasteiger partial charge in [0.05, 0.1) is 10.7 Å². The lowest BCUT2D eigenvalue weighted by molar-refractivity contribution is 0.488. The highest BCUT2D eigenvalue weighted by Crippen LogP contribution is 2.32. The predicted octanol–water partition coefficient (Wildman–Crippen LogP) is 5.19. The Hall–Kier alpha value is -0.890. The minimum Gasteiger partial charge on any atom is -0.241 e. The van der Waals surface area contributed by atoms with E-state index in [9.17, 15) is 0 Å². The molecular weight excluding hydrogens is 226 g/mol. The number of aromatic nitrogens is 1.